The lowest BCUT2D eigenvalue weighted by molar-refractivity contribution is -0.122. The van der Waals surface area contributed by atoms with Gasteiger partial charge >= 0.3 is 5.97 Å². The lowest BCUT2D eigenvalue weighted by Gasteiger charge is -2.31. The van der Waals surface area contributed by atoms with Gasteiger partial charge in [0, 0.05) is 18.4 Å². The Labute approximate surface area is 103 Å². The van der Waals surface area contributed by atoms with Crippen LogP contribution in [0.3, 0.4) is 0 Å². The monoisotopic (exact) mass is 241 g/mol. The molecule has 1 fully saturated rings. The zero-order chi connectivity index (χ0) is 12.7. The number of anilines is 1. The summed E-state index contributed by atoms with van der Waals surface area (Å²) in [5.74, 6) is -0.865. The number of amides is 1. The minimum Gasteiger partial charge on any atom is -0.478 e. The van der Waals surface area contributed by atoms with Crippen molar-refractivity contribution in [3.63, 3.8) is 0 Å². The first kappa shape index (κ1) is 10.8. The normalized spacial score (nSPS) is 14.7. The second-order valence-electron chi connectivity index (χ2n) is 4.28. The summed E-state index contributed by atoms with van der Waals surface area (Å²) >= 11 is 0. The van der Waals surface area contributed by atoms with Crippen molar-refractivity contribution in [2.24, 2.45) is 0 Å². The van der Waals surface area contributed by atoms with Crippen molar-refractivity contribution in [2.75, 3.05) is 11.4 Å². The molecule has 0 bridgehead atoms. The largest absolute Gasteiger partial charge is 0.478 e. The molecule has 0 spiro atoms. The minimum atomic E-state index is -0.951. The Bertz CT molecular complexity index is 663. The van der Waals surface area contributed by atoms with Crippen LogP contribution in [0.1, 0.15) is 16.8 Å². The summed E-state index contributed by atoms with van der Waals surface area (Å²) in [5.41, 5.74) is 1.06. The molecule has 1 aliphatic heterocycles. The molecule has 1 heterocycles. The zero-order valence-electron chi connectivity index (χ0n) is 9.59. The number of carboxylic acid groups (broad SMARTS) is 1. The fraction of sp³-hybridized carbons (Fsp3) is 0.143. The number of carboxylic acids is 1. The van der Waals surface area contributed by atoms with Crippen molar-refractivity contribution < 1.29 is 14.7 Å². The van der Waals surface area contributed by atoms with Gasteiger partial charge in [-0.3, -0.25) is 4.79 Å². The van der Waals surface area contributed by atoms with E-state index in [1.54, 1.807) is 29.2 Å². The maximum Gasteiger partial charge on any atom is 0.336 e. The Morgan fingerprint density at radius 1 is 1.11 bits per heavy atom. The third-order valence-corrected chi connectivity index (χ3v) is 3.27. The van der Waals surface area contributed by atoms with Gasteiger partial charge in [0.1, 0.15) is 0 Å². The van der Waals surface area contributed by atoms with Gasteiger partial charge in [0.05, 0.1) is 11.3 Å². The summed E-state index contributed by atoms with van der Waals surface area (Å²) in [6.07, 6.45) is 0.564. The third kappa shape index (κ3) is 1.46. The molecule has 0 saturated carbocycles. The number of hydrogen-bond donors (Lipinski definition) is 1. The van der Waals surface area contributed by atoms with Crippen LogP contribution in [0.4, 0.5) is 5.69 Å². The zero-order valence-corrected chi connectivity index (χ0v) is 9.59. The van der Waals surface area contributed by atoms with Crippen LogP contribution in [0.15, 0.2) is 36.4 Å². The van der Waals surface area contributed by atoms with Crippen molar-refractivity contribution >= 4 is 28.3 Å². The molecule has 0 radical (unpaired) electrons. The first-order chi connectivity index (χ1) is 8.68. The summed E-state index contributed by atoms with van der Waals surface area (Å²) < 4.78 is 0. The molecule has 90 valence electrons. The number of β-lactam (4-membered cyclic amide) rings is 1. The van der Waals surface area contributed by atoms with Gasteiger partial charge in [0.25, 0.3) is 0 Å². The van der Waals surface area contributed by atoms with Crippen LogP contribution in [-0.4, -0.2) is 23.5 Å². The lowest BCUT2D eigenvalue weighted by Crippen LogP contribution is -2.43. The minimum absolute atomic E-state index is 0.0863. The van der Waals surface area contributed by atoms with E-state index in [1.807, 2.05) is 12.1 Å². The molecule has 1 aliphatic rings. The molecule has 2 aromatic carbocycles. The Kier molecular flexibility index (Phi) is 2.30. The van der Waals surface area contributed by atoms with Crippen LogP contribution in [-0.2, 0) is 4.79 Å². The van der Waals surface area contributed by atoms with Crippen molar-refractivity contribution in [1.29, 1.82) is 0 Å². The predicted octanol–water partition coefficient (Wildman–Crippen LogP) is 2.27. The smallest absolute Gasteiger partial charge is 0.336 e. The molecule has 1 N–H and O–H groups in total. The summed E-state index contributed by atoms with van der Waals surface area (Å²) in [7, 11) is 0. The van der Waals surface area contributed by atoms with E-state index in [4.69, 9.17) is 5.11 Å². The summed E-state index contributed by atoms with van der Waals surface area (Å²) in [4.78, 5) is 24.4. The number of rotatable bonds is 2. The van der Waals surface area contributed by atoms with Gasteiger partial charge in [-0.1, -0.05) is 24.3 Å². The molecule has 1 amide bonds. The third-order valence-electron chi connectivity index (χ3n) is 3.27. The standard InChI is InChI=1S/C14H11NO3/c16-13-7-8-15(13)12-6-5-11(14(17)18)9-3-1-2-4-10(9)12/h1-6H,7-8H2,(H,17,18). The van der Waals surface area contributed by atoms with Gasteiger partial charge in [-0.25, -0.2) is 4.79 Å². The molecule has 4 nitrogen and oxygen atoms in total. The van der Waals surface area contributed by atoms with Crippen LogP contribution in [0, 0.1) is 0 Å². The number of hydrogen-bond acceptors (Lipinski definition) is 2. The number of fused-ring (bicyclic) bond motifs is 1. The second-order valence-corrected chi connectivity index (χ2v) is 4.28. The summed E-state index contributed by atoms with van der Waals surface area (Å²) in [6, 6.07) is 10.5. The molecular weight excluding hydrogens is 230 g/mol. The van der Waals surface area contributed by atoms with E-state index in [9.17, 15) is 9.59 Å². The van der Waals surface area contributed by atoms with Crippen molar-refractivity contribution in [1.82, 2.24) is 0 Å². The number of aromatic carboxylic acids is 1. The second kappa shape index (κ2) is 3.84. The van der Waals surface area contributed by atoms with E-state index >= 15 is 0 Å². The quantitative estimate of drug-likeness (QED) is 0.820. The van der Waals surface area contributed by atoms with Crippen molar-refractivity contribution in [3.8, 4) is 0 Å². The summed E-state index contributed by atoms with van der Waals surface area (Å²) in [6.45, 7) is 0.704. The lowest BCUT2D eigenvalue weighted by atomic mass is 10.0. The highest BCUT2D eigenvalue weighted by atomic mass is 16.4. The van der Waals surface area contributed by atoms with E-state index in [1.165, 1.54) is 0 Å². The highest BCUT2D eigenvalue weighted by Crippen LogP contribution is 2.32. The maximum absolute atomic E-state index is 11.5. The fourth-order valence-electron chi connectivity index (χ4n) is 2.27. The molecular formula is C14H11NO3. The first-order valence-electron chi connectivity index (χ1n) is 5.74. The van der Waals surface area contributed by atoms with E-state index < -0.39 is 5.97 Å². The Morgan fingerprint density at radius 3 is 2.39 bits per heavy atom. The topological polar surface area (TPSA) is 57.6 Å². The van der Waals surface area contributed by atoms with Crippen molar-refractivity contribution in [3.05, 3.63) is 42.0 Å². The van der Waals surface area contributed by atoms with Crippen LogP contribution in [0.2, 0.25) is 0 Å². The fourth-order valence-corrected chi connectivity index (χ4v) is 2.27. The van der Waals surface area contributed by atoms with Gasteiger partial charge in [0.2, 0.25) is 5.91 Å². The van der Waals surface area contributed by atoms with E-state index in [2.05, 4.69) is 0 Å². The maximum atomic E-state index is 11.5. The molecule has 18 heavy (non-hydrogen) atoms. The molecule has 0 atom stereocenters. The van der Waals surface area contributed by atoms with E-state index in [0.717, 1.165) is 11.1 Å². The highest BCUT2D eigenvalue weighted by molar-refractivity contribution is 6.12. The van der Waals surface area contributed by atoms with Gasteiger partial charge in [-0.15, -0.1) is 0 Å². The predicted molar refractivity (Wildman–Crippen MR) is 67.9 cm³/mol. The molecule has 4 heteroatoms. The summed E-state index contributed by atoms with van der Waals surface area (Å²) in [5, 5.41) is 10.6. The van der Waals surface area contributed by atoms with Crippen molar-refractivity contribution in [2.45, 2.75) is 6.42 Å². The van der Waals surface area contributed by atoms with E-state index in [0.29, 0.717) is 18.4 Å². The number of carbonyl (C=O) groups is 2. The molecule has 1 saturated heterocycles. The molecule has 2 aromatic rings. The highest BCUT2D eigenvalue weighted by Gasteiger charge is 2.27. The molecule has 0 aliphatic carbocycles. The SMILES string of the molecule is O=C(O)c1ccc(N2CCC2=O)c2ccccc12. The average Bonchev–Trinajstić information content (AvgIpc) is 2.37. The van der Waals surface area contributed by atoms with Gasteiger partial charge in [-0.05, 0) is 17.5 Å². The number of nitrogens with zero attached hydrogens (tertiary/aromatic N) is 1. The van der Waals surface area contributed by atoms with Crippen LogP contribution in [0.25, 0.3) is 10.8 Å². The van der Waals surface area contributed by atoms with Crippen LogP contribution < -0.4 is 4.90 Å². The number of benzene rings is 2. The first-order valence-corrected chi connectivity index (χ1v) is 5.74. The molecule has 0 aromatic heterocycles. The Morgan fingerprint density at radius 2 is 1.83 bits per heavy atom. The number of carbonyl (C=O) groups excluding carboxylic acids is 1. The molecule has 0 unspecified atom stereocenters. The Hall–Kier alpha value is -2.36. The van der Waals surface area contributed by atoms with Crippen LogP contribution in [0.5, 0.6) is 0 Å². The van der Waals surface area contributed by atoms with E-state index in [-0.39, 0.29) is 11.5 Å². The Balaban J connectivity index is 2.26. The van der Waals surface area contributed by atoms with Gasteiger partial charge in [-0.2, -0.15) is 0 Å². The van der Waals surface area contributed by atoms with Gasteiger partial charge < -0.3 is 10.0 Å². The average molecular weight is 241 g/mol. The molecule has 3 rings (SSSR count). The van der Waals surface area contributed by atoms with Crippen LogP contribution >= 0.6 is 0 Å². The van der Waals surface area contributed by atoms with Gasteiger partial charge in [0.15, 0.2) is 0 Å².